The summed E-state index contributed by atoms with van der Waals surface area (Å²) in [6.07, 6.45) is 48.4. The first-order valence-electron chi connectivity index (χ1n) is 26.8. The van der Waals surface area contributed by atoms with Gasteiger partial charge in [-0.3, -0.25) is 14.4 Å². The second-order valence-electron chi connectivity index (χ2n) is 19.2. The van der Waals surface area contributed by atoms with Gasteiger partial charge >= 0.3 is 17.9 Å². The van der Waals surface area contributed by atoms with Crippen LogP contribution in [0.15, 0.2) is 0 Å². The number of carbonyl (C=O) groups is 3. The van der Waals surface area contributed by atoms with E-state index in [-0.39, 0.29) is 31.1 Å². The van der Waals surface area contributed by atoms with Gasteiger partial charge in [-0.2, -0.15) is 0 Å². The predicted molar refractivity (Wildman–Crippen MR) is 256 cm³/mol. The fourth-order valence-corrected chi connectivity index (χ4v) is 8.13. The van der Waals surface area contributed by atoms with Crippen molar-refractivity contribution in [3.05, 3.63) is 0 Å². The zero-order valence-corrected chi connectivity index (χ0v) is 41.1. The molecule has 2 atom stereocenters. The highest BCUT2D eigenvalue weighted by Crippen LogP contribution is 2.18. The van der Waals surface area contributed by atoms with Crippen molar-refractivity contribution in [1.82, 2.24) is 0 Å². The summed E-state index contributed by atoms with van der Waals surface area (Å²) in [5, 5.41) is 0. The lowest BCUT2D eigenvalue weighted by molar-refractivity contribution is -0.167. The smallest absolute Gasteiger partial charge is 0.306 e. The maximum Gasteiger partial charge on any atom is 0.306 e. The monoisotopic (exact) mass is 849 g/mol. The number of carbonyl (C=O) groups excluding carboxylic acids is 3. The average Bonchev–Trinajstić information content (AvgIpc) is 3.23. The highest BCUT2D eigenvalue weighted by molar-refractivity contribution is 5.71. The van der Waals surface area contributed by atoms with E-state index in [1.807, 2.05) is 0 Å². The predicted octanol–water partition coefficient (Wildman–Crippen LogP) is 17.3. The summed E-state index contributed by atoms with van der Waals surface area (Å²) in [7, 11) is 0. The van der Waals surface area contributed by atoms with Gasteiger partial charge in [-0.25, -0.2) is 0 Å². The first-order chi connectivity index (χ1) is 29.3. The zero-order valence-electron chi connectivity index (χ0n) is 41.1. The third-order valence-electron chi connectivity index (χ3n) is 12.6. The summed E-state index contributed by atoms with van der Waals surface area (Å²) in [6, 6.07) is 0. The second kappa shape index (κ2) is 46.9. The third-order valence-corrected chi connectivity index (χ3v) is 12.6. The van der Waals surface area contributed by atoms with Gasteiger partial charge in [0.15, 0.2) is 6.10 Å². The van der Waals surface area contributed by atoms with Crippen LogP contribution in [-0.2, 0) is 28.6 Å². The Morgan fingerprint density at radius 1 is 0.350 bits per heavy atom. The molecule has 1 unspecified atom stereocenters. The van der Waals surface area contributed by atoms with Gasteiger partial charge in [0, 0.05) is 19.3 Å². The van der Waals surface area contributed by atoms with Crippen LogP contribution in [0.5, 0.6) is 0 Å². The van der Waals surface area contributed by atoms with Crippen LogP contribution in [0.3, 0.4) is 0 Å². The van der Waals surface area contributed by atoms with Gasteiger partial charge in [0.2, 0.25) is 0 Å². The van der Waals surface area contributed by atoms with E-state index in [9.17, 15) is 14.4 Å². The maximum atomic E-state index is 12.7. The van der Waals surface area contributed by atoms with E-state index in [1.54, 1.807) is 0 Å². The van der Waals surface area contributed by atoms with Gasteiger partial charge in [-0.15, -0.1) is 0 Å². The van der Waals surface area contributed by atoms with Crippen LogP contribution in [0.25, 0.3) is 0 Å². The fraction of sp³-hybridized carbons (Fsp3) is 0.944. The first kappa shape index (κ1) is 58.4. The van der Waals surface area contributed by atoms with Crippen molar-refractivity contribution in [2.45, 2.75) is 304 Å². The number of ether oxygens (including phenoxy) is 3. The number of hydrogen-bond donors (Lipinski definition) is 0. The van der Waals surface area contributed by atoms with Crippen LogP contribution in [0.4, 0.5) is 0 Å². The molecular weight excluding hydrogens is 745 g/mol. The number of rotatable bonds is 48. The summed E-state index contributed by atoms with van der Waals surface area (Å²) < 4.78 is 16.7. The molecule has 6 nitrogen and oxygen atoms in total. The topological polar surface area (TPSA) is 78.9 Å². The molecule has 60 heavy (non-hydrogen) atoms. The van der Waals surface area contributed by atoms with E-state index in [0.29, 0.717) is 19.3 Å². The van der Waals surface area contributed by atoms with E-state index in [1.165, 1.54) is 180 Å². The van der Waals surface area contributed by atoms with Crippen molar-refractivity contribution >= 4 is 17.9 Å². The molecule has 0 amide bonds. The van der Waals surface area contributed by atoms with E-state index < -0.39 is 6.10 Å². The molecule has 0 aromatic heterocycles. The summed E-state index contributed by atoms with van der Waals surface area (Å²) in [5.41, 5.74) is 0. The van der Waals surface area contributed by atoms with Gasteiger partial charge in [0.25, 0.3) is 0 Å². The van der Waals surface area contributed by atoms with Gasteiger partial charge in [-0.1, -0.05) is 259 Å². The summed E-state index contributed by atoms with van der Waals surface area (Å²) in [6.45, 7) is 11.4. The molecule has 0 aliphatic heterocycles. The minimum atomic E-state index is -0.760. The molecule has 0 aromatic rings. The highest BCUT2D eigenvalue weighted by atomic mass is 16.6. The normalized spacial score (nSPS) is 12.5. The van der Waals surface area contributed by atoms with Crippen molar-refractivity contribution in [1.29, 1.82) is 0 Å². The van der Waals surface area contributed by atoms with Gasteiger partial charge in [-0.05, 0) is 31.1 Å². The molecule has 0 radical (unpaired) electrons. The molecular formula is C54H104O6. The van der Waals surface area contributed by atoms with E-state index >= 15 is 0 Å². The SMILES string of the molecule is CCCCCCCC(=O)OC[C@H](COC(=O)CCCCCCCCCCCCCCCCCCCCC(C)CC)OC(=O)CCCCCCCCCCCCCCC(C)C. The largest absolute Gasteiger partial charge is 0.462 e. The summed E-state index contributed by atoms with van der Waals surface area (Å²) >= 11 is 0. The Hall–Kier alpha value is -1.59. The number of esters is 3. The lowest BCUT2D eigenvalue weighted by atomic mass is 9.99. The lowest BCUT2D eigenvalue weighted by Crippen LogP contribution is -2.30. The molecule has 0 heterocycles. The molecule has 0 spiro atoms. The average molecular weight is 849 g/mol. The zero-order chi connectivity index (χ0) is 44.0. The van der Waals surface area contributed by atoms with Crippen LogP contribution in [0.1, 0.15) is 298 Å². The minimum Gasteiger partial charge on any atom is -0.462 e. The molecule has 0 aromatic carbocycles. The molecule has 0 saturated carbocycles. The minimum absolute atomic E-state index is 0.0644. The van der Waals surface area contributed by atoms with Crippen LogP contribution in [0, 0.1) is 11.8 Å². The first-order valence-corrected chi connectivity index (χ1v) is 26.8. The molecule has 356 valence electrons. The summed E-state index contributed by atoms with van der Waals surface area (Å²) in [5.74, 6) is 0.881. The van der Waals surface area contributed by atoms with Crippen LogP contribution in [0.2, 0.25) is 0 Å². The van der Waals surface area contributed by atoms with Crippen molar-refractivity contribution in [3.8, 4) is 0 Å². The van der Waals surface area contributed by atoms with Gasteiger partial charge in [0.05, 0.1) is 0 Å². The fourth-order valence-electron chi connectivity index (χ4n) is 8.13. The lowest BCUT2D eigenvalue weighted by Gasteiger charge is -2.18. The standard InChI is InChI=1S/C54H104O6/c1-6-8-9-32-39-44-52(55)58-47-51(60-54(57)46-41-36-31-27-23-19-18-20-24-28-33-37-42-49(3)4)48-59-53(56)45-40-35-30-26-22-17-15-13-11-10-12-14-16-21-25-29-34-38-43-50(5)7-2/h49-51H,6-48H2,1-5H3/t50?,51-/m1/s1. The van der Waals surface area contributed by atoms with E-state index in [2.05, 4.69) is 34.6 Å². The second-order valence-corrected chi connectivity index (χ2v) is 19.2. The maximum absolute atomic E-state index is 12.7. The molecule has 6 heteroatoms. The van der Waals surface area contributed by atoms with Crippen molar-refractivity contribution in [3.63, 3.8) is 0 Å². The number of hydrogen-bond acceptors (Lipinski definition) is 6. The quantitative estimate of drug-likeness (QED) is 0.0345. The van der Waals surface area contributed by atoms with Crippen LogP contribution in [-0.4, -0.2) is 37.2 Å². The van der Waals surface area contributed by atoms with Crippen LogP contribution < -0.4 is 0 Å². The molecule has 0 fully saturated rings. The van der Waals surface area contributed by atoms with Crippen molar-refractivity contribution < 1.29 is 28.6 Å². The Morgan fingerprint density at radius 3 is 0.950 bits per heavy atom. The molecule has 0 rings (SSSR count). The van der Waals surface area contributed by atoms with Crippen LogP contribution >= 0.6 is 0 Å². The number of unbranched alkanes of at least 4 members (excludes halogenated alkanes) is 32. The Morgan fingerprint density at radius 2 is 0.633 bits per heavy atom. The summed E-state index contributed by atoms with van der Waals surface area (Å²) in [4.78, 5) is 37.7. The Kier molecular flexibility index (Phi) is 45.7. The van der Waals surface area contributed by atoms with Crippen molar-refractivity contribution in [2.75, 3.05) is 13.2 Å². The van der Waals surface area contributed by atoms with E-state index in [4.69, 9.17) is 14.2 Å². The highest BCUT2D eigenvalue weighted by Gasteiger charge is 2.19. The molecule has 0 bridgehead atoms. The van der Waals surface area contributed by atoms with Crippen molar-refractivity contribution in [2.24, 2.45) is 11.8 Å². The molecule has 0 aliphatic carbocycles. The van der Waals surface area contributed by atoms with Gasteiger partial charge in [0.1, 0.15) is 13.2 Å². The Bertz CT molecular complexity index is 918. The van der Waals surface area contributed by atoms with E-state index in [0.717, 1.165) is 76.0 Å². The van der Waals surface area contributed by atoms with Gasteiger partial charge < -0.3 is 14.2 Å². The molecule has 0 saturated heterocycles. The molecule has 0 N–H and O–H groups in total. The third kappa shape index (κ3) is 45.9. The Balaban J connectivity index is 4.05. The molecule has 0 aliphatic rings. The Labute approximate surface area is 374 Å².